The van der Waals surface area contributed by atoms with Crippen molar-refractivity contribution in [3.8, 4) is 0 Å². The van der Waals surface area contributed by atoms with Crippen molar-refractivity contribution in [1.82, 2.24) is 20.2 Å². The third-order valence-corrected chi connectivity index (χ3v) is 8.49. The largest absolute Gasteiger partial charge is 0.452 e. The molecule has 0 bridgehead atoms. The van der Waals surface area contributed by atoms with Gasteiger partial charge in [0.05, 0.1) is 9.89 Å². The van der Waals surface area contributed by atoms with Gasteiger partial charge in [0.1, 0.15) is 5.82 Å². The number of nitrogens with two attached hydrogens (primary N) is 1. The number of anilines is 5. The predicted octanol–water partition coefficient (Wildman–Crippen LogP) is 4.84. The molecule has 2 saturated heterocycles. The number of nitrogens with zero attached hydrogens (tertiary/aromatic N) is 3. The summed E-state index contributed by atoms with van der Waals surface area (Å²) in [5, 5.41) is 15.5. The first-order valence-electron chi connectivity index (χ1n) is 16.0. The summed E-state index contributed by atoms with van der Waals surface area (Å²) >= 11 is 3.50. The van der Waals surface area contributed by atoms with E-state index >= 15 is 0 Å². The number of benzene rings is 1. The molecule has 2 aromatic rings. The van der Waals surface area contributed by atoms with Crippen LogP contribution in [-0.2, 0) is 19.1 Å². The Balaban J connectivity index is 1.42. The maximum Gasteiger partial charge on any atom is 0.321 e. The Bertz CT molecular complexity index is 1490. The minimum absolute atomic E-state index is 0.190. The van der Waals surface area contributed by atoms with Gasteiger partial charge < -0.3 is 42.0 Å². The van der Waals surface area contributed by atoms with Gasteiger partial charge >= 0.3 is 12.0 Å². The molecule has 0 saturated carbocycles. The van der Waals surface area contributed by atoms with Gasteiger partial charge in [-0.1, -0.05) is 19.4 Å². The second kappa shape index (κ2) is 16.4. The molecule has 2 fully saturated rings. The van der Waals surface area contributed by atoms with Crippen LogP contribution >= 0.6 is 15.9 Å². The molecule has 1 aromatic carbocycles. The van der Waals surface area contributed by atoms with Gasteiger partial charge in [-0.3, -0.25) is 14.4 Å². The molecule has 2 aliphatic rings. The van der Waals surface area contributed by atoms with Crippen LogP contribution in [-0.4, -0.2) is 71.0 Å². The molecule has 7 N–H and O–H groups in total. The molecule has 0 aliphatic carbocycles. The highest BCUT2D eigenvalue weighted by Crippen LogP contribution is 2.28. The van der Waals surface area contributed by atoms with E-state index < -0.39 is 23.4 Å². The van der Waals surface area contributed by atoms with E-state index in [4.69, 9.17) is 10.5 Å². The van der Waals surface area contributed by atoms with E-state index in [1.807, 2.05) is 19.9 Å². The summed E-state index contributed by atoms with van der Waals surface area (Å²) in [7, 11) is 0. The average Bonchev–Trinajstić information content (AvgIpc) is 3.72. The fraction of sp³-hybridized carbons (Fsp3) is 0.500. The minimum Gasteiger partial charge on any atom is -0.452 e. The number of urea groups is 1. The van der Waals surface area contributed by atoms with Gasteiger partial charge in [-0.05, 0) is 73.7 Å². The van der Waals surface area contributed by atoms with Gasteiger partial charge in [0.25, 0.3) is 5.91 Å². The van der Waals surface area contributed by atoms with E-state index in [1.165, 1.54) is 0 Å². The molecule has 2 aliphatic heterocycles. The van der Waals surface area contributed by atoms with E-state index in [1.54, 1.807) is 29.3 Å². The Kier molecular flexibility index (Phi) is 12.4. The molecule has 1 atom stereocenters. The molecule has 254 valence electrons. The standard InChI is InChI=1S/C32H44BrN9O5/c1-4-5-9-25(32(2,3)29(34)45)35-12-8-13-36-27-23(33)19-37-30(41-27)39-21-16-20(38-28(44)24-10-11-26(43)47-24)17-22(18-21)40-31(46)42-14-6-7-15-42/h9,16-19,24,35H,4-8,10-15H2,1-3H3,(H2,34,45)(H,38,44)(H,40,46)(H2,36,37,39,41)/b25-9+. The van der Waals surface area contributed by atoms with Crippen molar-refractivity contribution >= 4 is 68.6 Å². The van der Waals surface area contributed by atoms with Crippen LogP contribution in [0.2, 0.25) is 0 Å². The number of esters is 1. The fourth-order valence-corrected chi connectivity index (χ4v) is 5.40. The van der Waals surface area contributed by atoms with Gasteiger partial charge in [-0.2, -0.15) is 4.98 Å². The smallest absolute Gasteiger partial charge is 0.321 e. The lowest BCUT2D eigenvalue weighted by atomic mass is 9.87. The van der Waals surface area contributed by atoms with Gasteiger partial charge in [-0.15, -0.1) is 0 Å². The Morgan fingerprint density at radius 2 is 1.81 bits per heavy atom. The quantitative estimate of drug-likeness (QED) is 0.110. The van der Waals surface area contributed by atoms with E-state index in [-0.39, 0.29) is 24.3 Å². The average molecular weight is 715 g/mol. The summed E-state index contributed by atoms with van der Waals surface area (Å²) in [6.45, 7) is 8.28. The Morgan fingerprint density at radius 3 is 2.47 bits per heavy atom. The summed E-state index contributed by atoms with van der Waals surface area (Å²) in [6.07, 6.45) is 7.73. The normalized spacial score (nSPS) is 16.4. The van der Waals surface area contributed by atoms with Crippen molar-refractivity contribution in [2.45, 2.75) is 71.8 Å². The fourth-order valence-electron chi connectivity index (χ4n) is 5.07. The van der Waals surface area contributed by atoms with Crippen LogP contribution in [0, 0.1) is 5.41 Å². The van der Waals surface area contributed by atoms with Crippen molar-refractivity contribution < 1.29 is 23.9 Å². The first kappa shape index (κ1) is 35.5. The number of amides is 4. The second-order valence-corrected chi connectivity index (χ2v) is 12.9. The number of rotatable bonds is 15. The number of primary amides is 1. The van der Waals surface area contributed by atoms with Crippen LogP contribution in [0.25, 0.3) is 0 Å². The zero-order valence-electron chi connectivity index (χ0n) is 27.1. The maximum absolute atomic E-state index is 12.8. The van der Waals surface area contributed by atoms with Gasteiger partial charge in [0.15, 0.2) is 6.10 Å². The SMILES string of the molecule is CCC/C=C(/NCCCNc1nc(Nc2cc(NC(=O)C3CCC(=O)O3)cc(NC(=O)N3CCCC3)c2)ncc1Br)C(C)(C)C(N)=O. The summed E-state index contributed by atoms with van der Waals surface area (Å²) < 4.78 is 5.77. The molecule has 4 rings (SSSR count). The van der Waals surface area contributed by atoms with Crippen molar-refractivity contribution in [2.75, 3.05) is 47.4 Å². The number of halogens is 1. The van der Waals surface area contributed by atoms with Crippen LogP contribution in [0.15, 0.2) is 40.6 Å². The van der Waals surface area contributed by atoms with Crippen molar-refractivity contribution in [3.05, 3.63) is 40.6 Å². The molecular weight excluding hydrogens is 670 g/mol. The third kappa shape index (κ3) is 10.0. The number of allylic oxidation sites excluding steroid dienone is 1. The van der Waals surface area contributed by atoms with Gasteiger partial charge in [-0.25, -0.2) is 9.78 Å². The number of aromatic nitrogens is 2. The molecule has 3 heterocycles. The van der Waals surface area contributed by atoms with Gasteiger partial charge in [0, 0.05) is 68.0 Å². The number of cyclic esters (lactones) is 1. The zero-order chi connectivity index (χ0) is 34.0. The second-order valence-electron chi connectivity index (χ2n) is 12.0. The summed E-state index contributed by atoms with van der Waals surface area (Å²) in [4.78, 5) is 59.9. The molecule has 0 radical (unpaired) electrons. The lowest BCUT2D eigenvalue weighted by Crippen LogP contribution is -2.39. The van der Waals surface area contributed by atoms with E-state index in [0.29, 0.717) is 60.0 Å². The van der Waals surface area contributed by atoms with E-state index in [2.05, 4.69) is 59.4 Å². The minimum atomic E-state index is -0.867. The van der Waals surface area contributed by atoms with Crippen molar-refractivity contribution in [2.24, 2.45) is 11.1 Å². The molecule has 15 heteroatoms. The van der Waals surface area contributed by atoms with Gasteiger partial charge in [0.2, 0.25) is 11.9 Å². The molecule has 1 unspecified atom stereocenters. The maximum atomic E-state index is 12.8. The molecule has 47 heavy (non-hydrogen) atoms. The molecule has 4 amide bonds. The van der Waals surface area contributed by atoms with Crippen LogP contribution in [0.5, 0.6) is 0 Å². The van der Waals surface area contributed by atoms with Crippen LogP contribution in [0.4, 0.5) is 33.6 Å². The number of unbranched alkanes of at least 4 members (excludes halogenated alkanes) is 1. The van der Waals surface area contributed by atoms with Crippen LogP contribution in [0.1, 0.15) is 65.7 Å². The number of carbonyl (C=O) groups excluding carboxylic acids is 4. The van der Waals surface area contributed by atoms with Crippen LogP contribution in [0.3, 0.4) is 0 Å². The number of hydrogen-bond donors (Lipinski definition) is 6. The van der Waals surface area contributed by atoms with Crippen molar-refractivity contribution in [1.29, 1.82) is 0 Å². The Hall–Kier alpha value is -4.40. The zero-order valence-corrected chi connectivity index (χ0v) is 28.7. The van der Waals surface area contributed by atoms with Crippen LogP contribution < -0.4 is 32.3 Å². The number of carbonyl (C=O) groups is 4. The topological polar surface area (TPSA) is 193 Å². The number of ether oxygens (including phenoxy) is 1. The molecule has 14 nitrogen and oxygen atoms in total. The number of nitrogens with one attached hydrogen (secondary N) is 5. The predicted molar refractivity (Wildman–Crippen MR) is 184 cm³/mol. The highest BCUT2D eigenvalue weighted by Gasteiger charge is 2.31. The summed E-state index contributed by atoms with van der Waals surface area (Å²) in [5.74, 6) is -0.392. The summed E-state index contributed by atoms with van der Waals surface area (Å²) in [5.41, 5.74) is 7.04. The van der Waals surface area contributed by atoms with Crippen molar-refractivity contribution in [3.63, 3.8) is 0 Å². The van der Waals surface area contributed by atoms with E-state index in [9.17, 15) is 19.2 Å². The first-order valence-corrected chi connectivity index (χ1v) is 16.7. The Labute approximate surface area is 283 Å². The Morgan fingerprint density at radius 1 is 1.11 bits per heavy atom. The lowest BCUT2D eigenvalue weighted by Gasteiger charge is -2.26. The first-order chi connectivity index (χ1) is 22.5. The highest BCUT2D eigenvalue weighted by molar-refractivity contribution is 9.10. The number of hydrogen-bond acceptors (Lipinski definition) is 10. The lowest BCUT2D eigenvalue weighted by molar-refractivity contribution is -0.146. The highest BCUT2D eigenvalue weighted by atomic mass is 79.9. The monoisotopic (exact) mass is 713 g/mol. The number of likely N-dealkylation sites (tertiary alicyclic amines) is 1. The molecule has 1 aromatic heterocycles. The molecule has 0 spiro atoms. The third-order valence-electron chi connectivity index (χ3n) is 7.91. The molecular formula is C32H44BrN9O5. The summed E-state index contributed by atoms with van der Waals surface area (Å²) in [6, 6.07) is 4.82. The van der Waals surface area contributed by atoms with E-state index in [0.717, 1.165) is 37.8 Å².